The molecule has 0 saturated heterocycles. The molecule has 0 aliphatic heterocycles. The third kappa shape index (κ3) is 23.3. The Bertz CT molecular complexity index is 140. The van der Waals surface area contributed by atoms with E-state index in [4.69, 9.17) is 20.4 Å². The van der Waals surface area contributed by atoms with E-state index in [0.717, 1.165) is 0 Å². The minimum atomic E-state index is -1.23. The van der Waals surface area contributed by atoms with E-state index in [1.165, 1.54) is 13.8 Å². The molecule has 6 nitrogen and oxygen atoms in total. The number of carboxylic acids is 2. The molecule has 8 heteroatoms. The first-order chi connectivity index (χ1) is 5.29. The minimum absolute atomic E-state index is 0. The van der Waals surface area contributed by atoms with Crippen molar-refractivity contribution in [1.29, 1.82) is 0 Å². The zero-order valence-corrected chi connectivity index (χ0v) is 6.76. The van der Waals surface area contributed by atoms with Crippen LogP contribution in [-0.2, 0) is 9.59 Å². The fraction of sp³-hybridized carbons (Fsp3) is 0.667. The molecule has 0 aromatic rings. The Morgan fingerprint density at radius 1 is 0.857 bits per heavy atom. The van der Waals surface area contributed by atoms with Crippen molar-refractivity contribution in [2.24, 2.45) is 0 Å². The van der Waals surface area contributed by atoms with Crippen LogP contribution in [0.2, 0.25) is 0 Å². The third-order valence-electron chi connectivity index (χ3n) is 0.715. The summed E-state index contributed by atoms with van der Waals surface area (Å²) in [6.45, 7) is 2.39. The van der Waals surface area contributed by atoms with E-state index in [1.807, 2.05) is 0 Å². The van der Waals surface area contributed by atoms with E-state index in [0.29, 0.717) is 0 Å². The molecule has 0 aromatic carbocycles. The van der Waals surface area contributed by atoms with E-state index in [9.17, 15) is 9.59 Å². The molecule has 2 unspecified atom stereocenters. The second-order valence-electron chi connectivity index (χ2n) is 2.03. The molecule has 4 N–H and O–H groups in total. The van der Waals surface area contributed by atoms with Gasteiger partial charge in [-0.15, -0.1) is 0 Å². The molecule has 0 bridgehead atoms. The average molecular weight is 264 g/mol. The van der Waals surface area contributed by atoms with E-state index < -0.39 is 24.1 Å². The van der Waals surface area contributed by atoms with Gasteiger partial charge in [0.15, 0.2) is 0 Å². The van der Waals surface area contributed by atoms with Crippen LogP contribution in [0.1, 0.15) is 13.8 Å². The number of hydrogen-bond acceptors (Lipinski definition) is 4. The van der Waals surface area contributed by atoms with Gasteiger partial charge in [0.2, 0.25) is 0 Å². The van der Waals surface area contributed by atoms with Gasteiger partial charge in [-0.1, -0.05) is 0 Å². The molecule has 0 aliphatic rings. The van der Waals surface area contributed by atoms with Crippen molar-refractivity contribution < 1.29 is 30.0 Å². The number of carboxylic acid groups (broad SMARTS) is 2. The van der Waals surface area contributed by atoms with Crippen molar-refractivity contribution >= 4 is 87.4 Å². The van der Waals surface area contributed by atoms with Crippen LogP contribution in [0.15, 0.2) is 0 Å². The predicted molar refractivity (Wildman–Crippen MR) is 55.7 cm³/mol. The molecular formula is C6H16Ca2O6. The van der Waals surface area contributed by atoms with Gasteiger partial charge in [-0.25, -0.2) is 9.59 Å². The second kappa shape index (κ2) is 14.4. The molecular weight excluding hydrogens is 248 g/mol. The summed E-state index contributed by atoms with van der Waals surface area (Å²) in [5.41, 5.74) is 0. The van der Waals surface area contributed by atoms with Crippen LogP contribution in [-0.4, -0.2) is 120 Å². The average Bonchev–Trinajstić information content (AvgIpc) is 1.88. The summed E-state index contributed by atoms with van der Waals surface area (Å²) in [4.78, 5) is 18.9. The Kier molecular flexibility index (Phi) is 25.2. The topological polar surface area (TPSA) is 115 Å². The van der Waals surface area contributed by atoms with E-state index in [-0.39, 0.29) is 75.5 Å². The van der Waals surface area contributed by atoms with Crippen LogP contribution in [0.25, 0.3) is 0 Å². The Balaban J connectivity index is -0.0000000625. The molecule has 0 spiro atoms. The SMILES string of the molecule is CC(O)C(=O)O.CC(O)C(=O)O.[CaH2].[CaH2]. The van der Waals surface area contributed by atoms with Crippen LogP contribution in [0.4, 0.5) is 0 Å². The Morgan fingerprint density at radius 2 is 0.929 bits per heavy atom. The third-order valence-corrected chi connectivity index (χ3v) is 0.715. The number of carbonyl (C=O) groups is 2. The van der Waals surface area contributed by atoms with Gasteiger partial charge in [0, 0.05) is 0 Å². The number of rotatable bonds is 2. The van der Waals surface area contributed by atoms with Crippen LogP contribution in [0.3, 0.4) is 0 Å². The van der Waals surface area contributed by atoms with Gasteiger partial charge in [-0.3, -0.25) is 0 Å². The molecule has 14 heavy (non-hydrogen) atoms. The Hall–Kier alpha value is 1.38. The predicted octanol–water partition coefficient (Wildman–Crippen LogP) is -2.93. The molecule has 0 amide bonds. The molecule has 0 saturated carbocycles. The first-order valence-electron chi connectivity index (χ1n) is 3.10. The van der Waals surface area contributed by atoms with Crippen LogP contribution in [0.5, 0.6) is 0 Å². The summed E-state index contributed by atoms with van der Waals surface area (Å²) in [5, 5.41) is 31.5. The Labute approximate surface area is 141 Å². The first-order valence-corrected chi connectivity index (χ1v) is 3.10. The van der Waals surface area contributed by atoms with Gasteiger partial charge in [0.05, 0.1) is 0 Å². The van der Waals surface area contributed by atoms with Crippen molar-refractivity contribution in [2.75, 3.05) is 0 Å². The Morgan fingerprint density at radius 3 is 0.929 bits per heavy atom. The van der Waals surface area contributed by atoms with Crippen LogP contribution >= 0.6 is 0 Å². The molecule has 0 rings (SSSR count). The number of aliphatic carboxylic acids is 2. The van der Waals surface area contributed by atoms with Crippen molar-refractivity contribution in [1.82, 2.24) is 0 Å². The van der Waals surface area contributed by atoms with Crippen molar-refractivity contribution in [3.8, 4) is 0 Å². The zero-order valence-electron chi connectivity index (χ0n) is 6.76. The zero-order chi connectivity index (χ0) is 10.3. The van der Waals surface area contributed by atoms with Gasteiger partial charge < -0.3 is 20.4 Å². The van der Waals surface area contributed by atoms with Gasteiger partial charge in [-0.05, 0) is 13.8 Å². The summed E-state index contributed by atoms with van der Waals surface area (Å²) in [6, 6.07) is 0. The van der Waals surface area contributed by atoms with Gasteiger partial charge in [0.1, 0.15) is 12.2 Å². The number of aliphatic hydroxyl groups is 2. The maximum absolute atomic E-state index is 9.45. The monoisotopic (exact) mass is 264 g/mol. The maximum atomic E-state index is 9.45. The normalized spacial score (nSPS) is 11.7. The summed E-state index contributed by atoms with van der Waals surface area (Å²) >= 11 is 0. The molecule has 0 fully saturated rings. The van der Waals surface area contributed by atoms with Crippen molar-refractivity contribution in [2.45, 2.75) is 26.1 Å². The molecule has 0 radical (unpaired) electrons. The molecule has 2 atom stereocenters. The molecule has 0 aromatic heterocycles. The van der Waals surface area contributed by atoms with Crippen LogP contribution < -0.4 is 0 Å². The van der Waals surface area contributed by atoms with Gasteiger partial charge in [0.25, 0.3) is 0 Å². The summed E-state index contributed by atoms with van der Waals surface area (Å²) in [5.74, 6) is -2.37. The van der Waals surface area contributed by atoms with Crippen LogP contribution in [0, 0.1) is 0 Å². The summed E-state index contributed by atoms with van der Waals surface area (Å²) in [6.07, 6.45) is -2.46. The van der Waals surface area contributed by atoms with E-state index in [1.54, 1.807) is 0 Å². The second-order valence-corrected chi connectivity index (χ2v) is 2.03. The molecule has 0 heterocycles. The first kappa shape index (κ1) is 24.6. The summed E-state index contributed by atoms with van der Waals surface area (Å²) < 4.78 is 0. The van der Waals surface area contributed by atoms with Gasteiger partial charge in [-0.2, -0.15) is 0 Å². The van der Waals surface area contributed by atoms with Gasteiger partial charge >= 0.3 is 87.4 Å². The standard InChI is InChI=1S/2C3H6O3.2Ca.4H/c2*1-2(4)3(5)6;;;;;;/h2*2,4H,1H3,(H,5,6);;;;;;. The van der Waals surface area contributed by atoms with Crippen molar-refractivity contribution in [3.63, 3.8) is 0 Å². The van der Waals surface area contributed by atoms with Crippen molar-refractivity contribution in [3.05, 3.63) is 0 Å². The number of hydrogen-bond donors (Lipinski definition) is 4. The molecule has 0 aliphatic carbocycles. The fourth-order valence-electron chi connectivity index (χ4n) is 0. The summed E-state index contributed by atoms with van der Waals surface area (Å²) in [7, 11) is 0. The van der Waals surface area contributed by atoms with E-state index >= 15 is 0 Å². The quantitative estimate of drug-likeness (QED) is 0.397. The molecule has 80 valence electrons. The van der Waals surface area contributed by atoms with E-state index in [2.05, 4.69) is 0 Å². The number of aliphatic hydroxyl groups excluding tert-OH is 2. The fourth-order valence-corrected chi connectivity index (χ4v) is 0.